The molecule has 0 saturated carbocycles. The maximum atomic E-state index is 6.32. The molecule has 0 amide bonds. The maximum absolute atomic E-state index is 6.32. The average molecular weight is 285 g/mol. The van der Waals surface area contributed by atoms with Gasteiger partial charge in [0.05, 0.1) is 6.33 Å². The molecule has 0 aliphatic carbocycles. The van der Waals surface area contributed by atoms with E-state index in [2.05, 4.69) is 26.9 Å². The van der Waals surface area contributed by atoms with Crippen LogP contribution < -0.4 is 5.73 Å². The third-order valence-electron chi connectivity index (χ3n) is 3.18. The lowest BCUT2D eigenvalue weighted by molar-refractivity contribution is 0.714. The number of rotatable bonds is 4. The summed E-state index contributed by atoms with van der Waals surface area (Å²) in [6.45, 7) is 2.10. The predicted octanol–water partition coefficient (Wildman–Crippen LogP) is 2.53. The molecule has 0 bridgehead atoms. The minimum absolute atomic E-state index is 0.0471. The standard InChI is InChI=1S/C14H15N5S/c1-9(11(15)10-5-3-2-4-6-10)20-14-12-13(17-7-16-12)18-8-19-14/h2-9,11H,15H2,1H3,(H,16,17,18,19). The van der Waals surface area contributed by atoms with Gasteiger partial charge in [0.25, 0.3) is 0 Å². The molecule has 3 aromatic rings. The fourth-order valence-electron chi connectivity index (χ4n) is 2.03. The number of hydrogen-bond donors (Lipinski definition) is 2. The van der Waals surface area contributed by atoms with Gasteiger partial charge in [0.15, 0.2) is 5.65 Å². The lowest BCUT2D eigenvalue weighted by atomic mass is 10.1. The average Bonchev–Trinajstić information content (AvgIpc) is 2.97. The largest absolute Gasteiger partial charge is 0.341 e. The molecule has 0 aliphatic rings. The van der Waals surface area contributed by atoms with E-state index in [1.54, 1.807) is 18.1 Å². The summed E-state index contributed by atoms with van der Waals surface area (Å²) < 4.78 is 0. The van der Waals surface area contributed by atoms with E-state index in [-0.39, 0.29) is 11.3 Å². The fourth-order valence-corrected chi connectivity index (χ4v) is 3.06. The van der Waals surface area contributed by atoms with Gasteiger partial charge in [-0.25, -0.2) is 15.0 Å². The van der Waals surface area contributed by atoms with E-state index in [4.69, 9.17) is 5.73 Å². The summed E-state index contributed by atoms with van der Waals surface area (Å²) in [4.78, 5) is 15.6. The lowest BCUT2D eigenvalue weighted by Crippen LogP contribution is -2.21. The number of hydrogen-bond acceptors (Lipinski definition) is 5. The molecule has 0 radical (unpaired) electrons. The first-order valence-electron chi connectivity index (χ1n) is 6.37. The maximum Gasteiger partial charge on any atom is 0.181 e. The highest BCUT2D eigenvalue weighted by molar-refractivity contribution is 8.00. The quantitative estimate of drug-likeness (QED) is 0.569. The molecule has 20 heavy (non-hydrogen) atoms. The Bertz CT molecular complexity index is 697. The van der Waals surface area contributed by atoms with E-state index in [1.165, 1.54) is 6.33 Å². The van der Waals surface area contributed by atoms with E-state index in [0.29, 0.717) is 5.65 Å². The van der Waals surface area contributed by atoms with Gasteiger partial charge < -0.3 is 10.7 Å². The van der Waals surface area contributed by atoms with Gasteiger partial charge in [0, 0.05) is 11.3 Å². The van der Waals surface area contributed by atoms with Gasteiger partial charge in [-0.3, -0.25) is 0 Å². The van der Waals surface area contributed by atoms with Crippen molar-refractivity contribution in [2.24, 2.45) is 5.73 Å². The van der Waals surface area contributed by atoms with Crippen LogP contribution in [-0.4, -0.2) is 25.2 Å². The zero-order valence-corrected chi connectivity index (χ0v) is 11.8. The molecule has 2 heterocycles. The third kappa shape index (κ3) is 2.52. The molecule has 5 nitrogen and oxygen atoms in total. The van der Waals surface area contributed by atoms with Crippen LogP contribution in [0.15, 0.2) is 48.0 Å². The third-order valence-corrected chi connectivity index (χ3v) is 4.37. The number of nitrogens with zero attached hydrogens (tertiary/aromatic N) is 3. The molecule has 0 saturated heterocycles. The molecule has 0 spiro atoms. The molecule has 3 rings (SSSR count). The van der Waals surface area contributed by atoms with E-state index in [0.717, 1.165) is 16.1 Å². The summed E-state index contributed by atoms with van der Waals surface area (Å²) in [7, 11) is 0. The fraction of sp³-hybridized carbons (Fsp3) is 0.214. The SMILES string of the molecule is CC(Sc1ncnc2nc[nH]c12)C(N)c1ccccc1. The lowest BCUT2D eigenvalue weighted by Gasteiger charge is -2.19. The molecule has 6 heteroatoms. The van der Waals surface area contributed by atoms with Crippen LogP contribution in [0.25, 0.3) is 11.2 Å². The first-order valence-corrected chi connectivity index (χ1v) is 7.25. The minimum atomic E-state index is -0.0471. The predicted molar refractivity (Wildman–Crippen MR) is 80.4 cm³/mol. The Balaban J connectivity index is 1.82. The molecule has 0 aliphatic heterocycles. The second-order valence-electron chi connectivity index (χ2n) is 4.54. The van der Waals surface area contributed by atoms with Gasteiger partial charge in [0.1, 0.15) is 16.9 Å². The van der Waals surface area contributed by atoms with Crippen molar-refractivity contribution in [1.82, 2.24) is 19.9 Å². The van der Waals surface area contributed by atoms with E-state index >= 15 is 0 Å². The first kappa shape index (κ1) is 13.1. The van der Waals surface area contributed by atoms with Crippen LogP contribution in [0.4, 0.5) is 0 Å². The monoisotopic (exact) mass is 285 g/mol. The van der Waals surface area contributed by atoms with Crippen molar-refractivity contribution in [2.75, 3.05) is 0 Å². The van der Waals surface area contributed by atoms with E-state index < -0.39 is 0 Å². The summed E-state index contributed by atoms with van der Waals surface area (Å²) in [5.41, 5.74) is 8.99. The van der Waals surface area contributed by atoms with Crippen LogP contribution in [0.3, 0.4) is 0 Å². The Kier molecular flexibility index (Phi) is 3.66. The van der Waals surface area contributed by atoms with Gasteiger partial charge in [0.2, 0.25) is 0 Å². The minimum Gasteiger partial charge on any atom is -0.341 e. The molecule has 2 atom stereocenters. The Morgan fingerprint density at radius 2 is 1.95 bits per heavy atom. The number of fused-ring (bicyclic) bond motifs is 1. The van der Waals surface area contributed by atoms with Crippen molar-refractivity contribution in [3.8, 4) is 0 Å². The number of aromatic amines is 1. The van der Waals surface area contributed by atoms with Crippen LogP contribution >= 0.6 is 11.8 Å². The second kappa shape index (κ2) is 5.60. The number of nitrogens with one attached hydrogen (secondary N) is 1. The van der Waals surface area contributed by atoms with Crippen molar-refractivity contribution in [2.45, 2.75) is 23.2 Å². The number of H-pyrrole nitrogens is 1. The summed E-state index contributed by atoms with van der Waals surface area (Å²) in [6, 6.07) is 10.1. The van der Waals surface area contributed by atoms with Gasteiger partial charge in [-0.15, -0.1) is 0 Å². The van der Waals surface area contributed by atoms with E-state index in [9.17, 15) is 0 Å². The Morgan fingerprint density at radius 1 is 1.15 bits per heavy atom. The summed E-state index contributed by atoms with van der Waals surface area (Å²) in [6.07, 6.45) is 3.16. The van der Waals surface area contributed by atoms with E-state index in [1.807, 2.05) is 30.3 Å². The smallest absolute Gasteiger partial charge is 0.181 e. The number of thioether (sulfide) groups is 1. The van der Waals surface area contributed by atoms with Crippen molar-refractivity contribution >= 4 is 22.9 Å². The van der Waals surface area contributed by atoms with Crippen molar-refractivity contribution < 1.29 is 0 Å². The molecule has 102 valence electrons. The topological polar surface area (TPSA) is 80.5 Å². The normalized spacial score (nSPS) is 14.3. The molecular weight excluding hydrogens is 270 g/mol. The Hall–Kier alpha value is -1.92. The van der Waals surface area contributed by atoms with Gasteiger partial charge >= 0.3 is 0 Å². The summed E-state index contributed by atoms with van der Waals surface area (Å²) >= 11 is 1.63. The molecule has 2 unspecified atom stereocenters. The number of benzene rings is 1. The van der Waals surface area contributed by atoms with Crippen molar-refractivity contribution in [3.05, 3.63) is 48.5 Å². The van der Waals surface area contributed by atoms with Gasteiger partial charge in [-0.1, -0.05) is 49.0 Å². The van der Waals surface area contributed by atoms with Crippen molar-refractivity contribution in [3.63, 3.8) is 0 Å². The second-order valence-corrected chi connectivity index (χ2v) is 5.91. The molecule has 2 aromatic heterocycles. The van der Waals surface area contributed by atoms with Crippen LogP contribution in [0.5, 0.6) is 0 Å². The Morgan fingerprint density at radius 3 is 2.75 bits per heavy atom. The summed E-state index contributed by atoms with van der Waals surface area (Å²) in [5, 5.41) is 1.07. The highest BCUT2D eigenvalue weighted by Crippen LogP contribution is 2.31. The Labute approximate surface area is 121 Å². The van der Waals surface area contributed by atoms with Gasteiger partial charge in [-0.05, 0) is 5.56 Å². The van der Waals surface area contributed by atoms with Gasteiger partial charge in [-0.2, -0.15) is 0 Å². The highest BCUT2D eigenvalue weighted by Gasteiger charge is 2.18. The number of imidazole rings is 1. The van der Waals surface area contributed by atoms with Crippen molar-refractivity contribution in [1.29, 1.82) is 0 Å². The highest BCUT2D eigenvalue weighted by atomic mass is 32.2. The summed E-state index contributed by atoms with van der Waals surface area (Å²) in [5.74, 6) is 0. The van der Waals surface area contributed by atoms with Crippen LogP contribution in [-0.2, 0) is 0 Å². The first-order chi connectivity index (χ1) is 9.75. The number of nitrogens with two attached hydrogens (primary N) is 1. The zero-order valence-electron chi connectivity index (χ0n) is 11.0. The molecular formula is C14H15N5S. The zero-order chi connectivity index (χ0) is 13.9. The number of aromatic nitrogens is 4. The molecule has 3 N–H and O–H groups in total. The van der Waals surface area contributed by atoms with Crippen LogP contribution in [0, 0.1) is 0 Å². The molecule has 1 aromatic carbocycles. The molecule has 0 fully saturated rings. The van der Waals surface area contributed by atoms with Crippen LogP contribution in [0.1, 0.15) is 18.5 Å². The van der Waals surface area contributed by atoms with Crippen LogP contribution in [0.2, 0.25) is 0 Å².